The molecule has 3 heterocycles. The van der Waals surface area contributed by atoms with E-state index in [2.05, 4.69) is 44.0 Å². The number of aliphatic imine (C=N–C) groups is 1. The Morgan fingerprint density at radius 2 is 2.24 bits per heavy atom. The van der Waals surface area contributed by atoms with Gasteiger partial charge in [-0.2, -0.15) is 5.10 Å². The molecule has 0 radical (unpaired) electrons. The molecule has 0 amide bonds. The van der Waals surface area contributed by atoms with Crippen LogP contribution in [0, 0.1) is 0 Å². The highest BCUT2D eigenvalue weighted by atomic mass is 15.2. The number of nitrogens with one attached hydrogen (secondary N) is 3. The molecule has 2 aromatic rings. The number of nitrogens with zero attached hydrogens (tertiary/aromatic N) is 2. The first kappa shape index (κ1) is 8.95. The Morgan fingerprint density at radius 3 is 3.18 bits per heavy atom. The third kappa shape index (κ3) is 1.29. The van der Waals surface area contributed by atoms with Crippen molar-refractivity contribution in [3.63, 3.8) is 0 Å². The Morgan fingerprint density at radius 1 is 1.24 bits per heavy atom. The lowest BCUT2D eigenvalue weighted by Crippen LogP contribution is -2.26. The predicted molar refractivity (Wildman–Crippen MR) is 65.5 cm³/mol. The molecule has 1 saturated heterocycles. The van der Waals surface area contributed by atoms with Gasteiger partial charge in [-0.3, -0.25) is 15.4 Å². The van der Waals surface area contributed by atoms with Crippen LogP contribution in [0.2, 0.25) is 0 Å². The summed E-state index contributed by atoms with van der Waals surface area (Å²) in [4.78, 5) is 4.11. The summed E-state index contributed by atoms with van der Waals surface area (Å²) in [5, 5.41) is 15.0. The highest BCUT2D eigenvalue weighted by Crippen LogP contribution is 2.24. The number of aromatic nitrogens is 2. The van der Waals surface area contributed by atoms with Gasteiger partial charge in [0.25, 0.3) is 0 Å². The molecule has 0 bridgehead atoms. The number of rotatable bonds is 1. The molecule has 4 rings (SSSR count). The second kappa shape index (κ2) is 3.18. The lowest BCUT2D eigenvalue weighted by Gasteiger charge is -2.12. The molecule has 0 saturated carbocycles. The summed E-state index contributed by atoms with van der Waals surface area (Å²) in [6, 6.07) is 6.54. The summed E-state index contributed by atoms with van der Waals surface area (Å²) < 4.78 is 0. The Labute approximate surface area is 97.6 Å². The molecule has 1 aromatic carbocycles. The number of aromatic amines is 1. The fourth-order valence-corrected chi connectivity index (χ4v) is 2.33. The zero-order valence-electron chi connectivity index (χ0n) is 9.01. The Kier molecular flexibility index (Phi) is 1.67. The summed E-state index contributed by atoms with van der Waals surface area (Å²) in [5.41, 5.74) is 3.40. The lowest BCUT2D eigenvalue weighted by molar-refractivity contribution is 0.583. The summed E-state index contributed by atoms with van der Waals surface area (Å²) in [7, 11) is 0. The minimum absolute atomic E-state index is 0.144. The van der Waals surface area contributed by atoms with Crippen LogP contribution in [-0.2, 0) is 0 Å². The molecule has 84 valence electrons. The van der Waals surface area contributed by atoms with E-state index in [1.54, 1.807) is 0 Å². The molecule has 5 heteroatoms. The van der Waals surface area contributed by atoms with E-state index < -0.39 is 0 Å². The third-order valence-electron chi connectivity index (χ3n) is 3.24. The van der Waals surface area contributed by atoms with Crippen LogP contribution in [0.25, 0.3) is 10.9 Å². The van der Waals surface area contributed by atoms with Crippen LogP contribution in [0.15, 0.2) is 41.3 Å². The van der Waals surface area contributed by atoms with Crippen molar-refractivity contribution in [3.8, 4) is 0 Å². The second-order valence-electron chi connectivity index (χ2n) is 4.32. The van der Waals surface area contributed by atoms with Crippen LogP contribution in [0.3, 0.4) is 0 Å². The topological polar surface area (TPSA) is 65.1 Å². The van der Waals surface area contributed by atoms with Gasteiger partial charge in [-0.1, -0.05) is 12.1 Å². The number of H-pyrrole nitrogens is 1. The molecule has 1 fully saturated rings. The van der Waals surface area contributed by atoms with Crippen molar-refractivity contribution in [2.45, 2.75) is 12.2 Å². The van der Waals surface area contributed by atoms with E-state index in [4.69, 9.17) is 0 Å². The van der Waals surface area contributed by atoms with Gasteiger partial charge in [-0.25, -0.2) is 0 Å². The van der Waals surface area contributed by atoms with Crippen molar-refractivity contribution in [3.05, 3.63) is 41.9 Å². The fourth-order valence-electron chi connectivity index (χ4n) is 2.33. The minimum atomic E-state index is 0.144. The molecular formula is C12H11N5. The first-order valence-electron chi connectivity index (χ1n) is 5.59. The number of hydrogen-bond acceptors (Lipinski definition) is 4. The zero-order valence-corrected chi connectivity index (χ0v) is 9.01. The van der Waals surface area contributed by atoms with Crippen molar-refractivity contribution in [2.75, 3.05) is 0 Å². The molecule has 1 aromatic heterocycles. The van der Waals surface area contributed by atoms with Gasteiger partial charge < -0.3 is 5.32 Å². The smallest absolute Gasteiger partial charge is 0.104 e. The summed E-state index contributed by atoms with van der Waals surface area (Å²) >= 11 is 0. The molecule has 2 atom stereocenters. The molecular weight excluding hydrogens is 214 g/mol. The molecule has 0 aliphatic carbocycles. The predicted octanol–water partition coefficient (Wildman–Crippen LogP) is 1.05. The molecule has 2 unspecified atom stereocenters. The van der Waals surface area contributed by atoms with Crippen molar-refractivity contribution in [1.29, 1.82) is 0 Å². The van der Waals surface area contributed by atoms with Crippen molar-refractivity contribution in [2.24, 2.45) is 4.99 Å². The first-order valence-corrected chi connectivity index (χ1v) is 5.59. The maximum absolute atomic E-state index is 4.11. The van der Waals surface area contributed by atoms with E-state index in [1.165, 1.54) is 5.56 Å². The average molecular weight is 225 g/mol. The molecule has 2 aliphatic heterocycles. The van der Waals surface area contributed by atoms with Crippen molar-refractivity contribution in [1.82, 2.24) is 20.8 Å². The van der Waals surface area contributed by atoms with Gasteiger partial charge >= 0.3 is 0 Å². The first-order chi connectivity index (χ1) is 8.40. The molecule has 2 aliphatic rings. The van der Waals surface area contributed by atoms with Gasteiger partial charge in [-0.15, -0.1) is 0 Å². The monoisotopic (exact) mass is 225 g/mol. The SMILES string of the molecule is C1=NC=C2NC(c3ccc4cn[nH]c4c3)NC12. The van der Waals surface area contributed by atoms with Crippen molar-refractivity contribution < 1.29 is 0 Å². The molecule has 0 spiro atoms. The Balaban J connectivity index is 1.71. The summed E-state index contributed by atoms with van der Waals surface area (Å²) in [5.74, 6) is 0. The number of hydrogen-bond donors (Lipinski definition) is 3. The number of benzene rings is 1. The highest BCUT2D eigenvalue weighted by Gasteiger charge is 2.29. The van der Waals surface area contributed by atoms with Crippen LogP contribution in [0.1, 0.15) is 11.7 Å². The largest absolute Gasteiger partial charge is 0.366 e. The van der Waals surface area contributed by atoms with Crippen LogP contribution in [0.5, 0.6) is 0 Å². The standard InChI is InChI=1S/C12H11N5/c1-2-8-4-14-17-9(8)3-7(1)12-15-10-5-13-6-11(10)16-12/h1-6,10,12,15-16H,(H,14,17). The quantitative estimate of drug-likeness (QED) is 0.679. The van der Waals surface area contributed by atoms with E-state index in [9.17, 15) is 0 Å². The van der Waals surface area contributed by atoms with Gasteiger partial charge in [0, 0.05) is 17.8 Å². The molecule has 17 heavy (non-hydrogen) atoms. The van der Waals surface area contributed by atoms with Gasteiger partial charge in [0.05, 0.1) is 23.5 Å². The summed E-state index contributed by atoms with van der Waals surface area (Å²) in [6.07, 6.45) is 5.76. The normalized spacial score (nSPS) is 26.0. The maximum Gasteiger partial charge on any atom is 0.104 e. The van der Waals surface area contributed by atoms with Gasteiger partial charge in [-0.05, 0) is 11.6 Å². The maximum atomic E-state index is 4.11. The lowest BCUT2D eigenvalue weighted by atomic mass is 10.1. The van der Waals surface area contributed by atoms with Crippen LogP contribution >= 0.6 is 0 Å². The van der Waals surface area contributed by atoms with E-state index in [0.29, 0.717) is 0 Å². The Bertz CT molecular complexity index is 639. The van der Waals surface area contributed by atoms with Crippen LogP contribution in [0.4, 0.5) is 0 Å². The van der Waals surface area contributed by atoms with E-state index in [1.807, 2.05) is 18.6 Å². The summed E-state index contributed by atoms with van der Waals surface area (Å²) in [6.45, 7) is 0. The number of fused-ring (bicyclic) bond motifs is 2. The van der Waals surface area contributed by atoms with E-state index in [0.717, 1.165) is 16.6 Å². The minimum Gasteiger partial charge on any atom is -0.366 e. The highest BCUT2D eigenvalue weighted by molar-refractivity contribution is 5.79. The average Bonchev–Trinajstić information content (AvgIpc) is 3.02. The van der Waals surface area contributed by atoms with E-state index in [-0.39, 0.29) is 12.2 Å². The van der Waals surface area contributed by atoms with Crippen LogP contribution < -0.4 is 10.6 Å². The molecule has 3 N–H and O–H groups in total. The molecule has 5 nitrogen and oxygen atoms in total. The van der Waals surface area contributed by atoms with Crippen molar-refractivity contribution >= 4 is 17.1 Å². The fraction of sp³-hybridized carbons (Fsp3) is 0.167. The van der Waals surface area contributed by atoms with Crippen LogP contribution in [-0.4, -0.2) is 22.5 Å². The zero-order chi connectivity index (χ0) is 11.2. The second-order valence-corrected chi connectivity index (χ2v) is 4.32. The van der Waals surface area contributed by atoms with Gasteiger partial charge in [0.2, 0.25) is 0 Å². The third-order valence-corrected chi connectivity index (χ3v) is 3.24. The van der Waals surface area contributed by atoms with Gasteiger partial charge in [0.1, 0.15) is 6.17 Å². The van der Waals surface area contributed by atoms with Gasteiger partial charge in [0.15, 0.2) is 0 Å². The Hall–Kier alpha value is -2.14. The van der Waals surface area contributed by atoms with E-state index >= 15 is 0 Å².